The second-order valence-electron chi connectivity index (χ2n) is 35.0. The zero-order valence-electron chi connectivity index (χ0n) is 81.2. The van der Waals surface area contributed by atoms with Gasteiger partial charge in [0.15, 0.2) is 23.9 Å². The van der Waals surface area contributed by atoms with Crippen LogP contribution in [0, 0.1) is 12.7 Å². The molecule has 2 aromatic heterocycles. The minimum absolute atomic E-state index is 0.0242. The number of hydrogen-bond acceptors (Lipinski definition) is 34. The van der Waals surface area contributed by atoms with Crippen LogP contribution in [0.2, 0.25) is 0 Å². The minimum Gasteiger partial charge on any atom is -0.479 e. The highest BCUT2D eigenvalue weighted by Crippen LogP contribution is 2.48. The zero-order chi connectivity index (χ0) is 101. The number of amides is 6. The molecule has 6 N–H and O–H groups in total. The summed E-state index contributed by atoms with van der Waals surface area (Å²) in [5.74, 6) is -8.40. The third-order valence-corrected chi connectivity index (χ3v) is 25.5. The number of esters is 4. The number of benzene rings is 4. The summed E-state index contributed by atoms with van der Waals surface area (Å²) in [6.45, 7) is 14.7. The van der Waals surface area contributed by atoms with E-state index in [1.54, 1.807) is 30.8 Å². The number of ether oxygens (including phenoxy) is 20. The molecule has 0 saturated carbocycles. The van der Waals surface area contributed by atoms with Gasteiger partial charge < -0.3 is 141 Å². The normalized spacial score (nSPS) is 19.6. The van der Waals surface area contributed by atoms with Gasteiger partial charge in [-0.05, 0) is 108 Å². The molecule has 4 aromatic carbocycles. The number of aromatic nitrogens is 2. The van der Waals surface area contributed by atoms with Crippen molar-refractivity contribution in [3.8, 4) is 28.3 Å². The number of fused-ring (bicyclic) bond motifs is 10. The van der Waals surface area contributed by atoms with E-state index in [9.17, 15) is 67.7 Å². The molecule has 5 aliphatic heterocycles. The number of likely N-dealkylation sites (tertiary alicyclic amines) is 2. The molecular formula is C100H127FN8O34. The first-order valence-corrected chi connectivity index (χ1v) is 48.3. The Morgan fingerprint density at radius 3 is 1.69 bits per heavy atom. The highest BCUT2D eigenvalue weighted by Gasteiger charge is 2.56. The average molecular weight is 2000 g/mol. The van der Waals surface area contributed by atoms with Crippen LogP contribution >= 0.6 is 0 Å². The van der Waals surface area contributed by atoms with Crippen LogP contribution in [0.4, 0.5) is 14.0 Å². The molecule has 778 valence electrons. The van der Waals surface area contributed by atoms with Crippen molar-refractivity contribution in [1.82, 2.24) is 40.6 Å². The van der Waals surface area contributed by atoms with E-state index in [0.717, 1.165) is 43.0 Å². The third kappa shape index (κ3) is 28.9. The van der Waals surface area contributed by atoms with Gasteiger partial charge in [-0.25, -0.2) is 28.6 Å². The molecule has 6 aromatic rings. The Balaban J connectivity index is 0.571. The number of carboxylic acids is 1. The van der Waals surface area contributed by atoms with Crippen LogP contribution in [0.15, 0.2) is 83.7 Å². The van der Waals surface area contributed by atoms with E-state index in [1.807, 2.05) is 48.5 Å². The van der Waals surface area contributed by atoms with Crippen LogP contribution < -0.4 is 31.6 Å². The summed E-state index contributed by atoms with van der Waals surface area (Å²) in [4.78, 5) is 171. The highest BCUT2D eigenvalue weighted by atomic mass is 19.1. The van der Waals surface area contributed by atoms with Crippen molar-refractivity contribution in [2.75, 3.05) is 185 Å². The van der Waals surface area contributed by atoms with Crippen LogP contribution in [0.5, 0.6) is 5.75 Å². The lowest BCUT2D eigenvalue weighted by Crippen LogP contribution is -2.64. The number of carbonyl (C=O) groups is 11. The van der Waals surface area contributed by atoms with Crippen LogP contribution in [0.1, 0.15) is 147 Å². The van der Waals surface area contributed by atoms with E-state index in [1.165, 1.54) is 34.9 Å². The minimum atomic E-state index is -2.14. The fourth-order valence-electron chi connectivity index (χ4n) is 18.6. The van der Waals surface area contributed by atoms with Gasteiger partial charge in [-0.2, -0.15) is 0 Å². The van der Waals surface area contributed by atoms with Crippen molar-refractivity contribution in [3.63, 3.8) is 0 Å². The number of alkyl carbamates (subject to hydrolysis) is 2. The number of carbonyl (C=O) groups excluding carboxylic acids is 10. The van der Waals surface area contributed by atoms with E-state index in [4.69, 9.17) is 99.7 Å². The number of halogens is 1. The quantitative estimate of drug-likeness (QED) is 0.0152. The Morgan fingerprint density at radius 1 is 0.608 bits per heavy atom. The van der Waals surface area contributed by atoms with Gasteiger partial charge in [0.2, 0.25) is 36.0 Å². The smallest absolute Gasteiger partial charge is 0.407 e. The molecule has 7 heterocycles. The van der Waals surface area contributed by atoms with Crippen LogP contribution in [-0.2, 0) is 171 Å². The lowest BCUT2D eigenvalue weighted by molar-refractivity contribution is -0.282. The molecule has 6 amide bonds. The van der Waals surface area contributed by atoms with Gasteiger partial charge in [-0.3, -0.25) is 38.4 Å². The largest absolute Gasteiger partial charge is 0.479 e. The number of rotatable bonds is 59. The molecule has 13 rings (SSSR count). The van der Waals surface area contributed by atoms with E-state index < -0.39 is 133 Å². The summed E-state index contributed by atoms with van der Waals surface area (Å²) in [5.41, 5.74) is 4.46. The fraction of sp³-hybridized carbons (Fsp3) is 0.570. The van der Waals surface area contributed by atoms with E-state index in [0.29, 0.717) is 186 Å². The summed E-state index contributed by atoms with van der Waals surface area (Å²) in [6.07, 6.45) is -10.7. The van der Waals surface area contributed by atoms with E-state index in [-0.39, 0.29) is 159 Å². The molecule has 10 atom stereocenters. The van der Waals surface area contributed by atoms with Crippen molar-refractivity contribution in [2.45, 2.75) is 185 Å². The lowest BCUT2D eigenvalue weighted by atomic mass is 9.81. The first-order chi connectivity index (χ1) is 69.2. The van der Waals surface area contributed by atoms with Crippen LogP contribution in [0.25, 0.3) is 33.4 Å². The number of nitrogens with zero attached hydrogens (tertiary/aromatic N) is 4. The maximum absolute atomic E-state index is 15.9. The van der Waals surface area contributed by atoms with E-state index in [2.05, 4.69) is 21.3 Å². The lowest BCUT2D eigenvalue weighted by Gasteiger charge is -2.42. The third-order valence-electron chi connectivity index (χ3n) is 25.5. The molecule has 2 bridgehead atoms. The SMILES string of the molecule is CC[C@@]1(O)C(=O)OCc2c1cc1n(c2=O)Cc2c-1nc1cc(F)c(C)c3c1c2[C@@H](NC(=O)OCc1ccc(O[C@@H]2O[C@H](C(=O)O)[C@@H](OC(C)=O)[C@H](OC(C)=O)[C@H]2OC(C)=O)c(CNC(=O)CCNC(=O)[C@H](CCCC(=O)N2C[C@@H]4C[C@H]2CN4C(=O)CCOCCOCCOCCOCCOCCOCCOCCOCCOCCOCCOCCOC)NC(=O)OCC2c4ccccc4-c4ccccc42)c1)CC3. The molecule has 42 nitrogen and oxygen atoms in total. The van der Waals surface area contributed by atoms with Crippen LogP contribution in [-0.4, -0.2) is 329 Å². The van der Waals surface area contributed by atoms with Gasteiger partial charge >= 0.3 is 42.0 Å². The van der Waals surface area contributed by atoms with Gasteiger partial charge in [0.05, 0.1) is 206 Å². The maximum atomic E-state index is 15.9. The number of aliphatic carboxylic acids is 1. The Bertz CT molecular complexity index is 5450. The number of cyclic esters (lactones) is 1. The molecule has 0 unspecified atom stereocenters. The number of piperazine rings is 1. The Hall–Kier alpha value is -11.8. The van der Waals surface area contributed by atoms with Gasteiger partial charge in [0, 0.05) is 101 Å². The summed E-state index contributed by atoms with van der Waals surface area (Å²) < 4.78 is 129. The number of hydrogen-bond donors (Lipinski definition) is 6. The van der Waals surface area contributed by atoms with Crippen molar-refractivity contribution in [3.05, 3.63) is 151 Å². The number of aliphatic hydroxyl groups is 1. The van der Waals surface area contributed by atoms with Crippen molar-refractivity contribution in [2.24, 2.45) is 0 Å². The second-order valence-corrected chi connectivity index (χ2v) is 35.0. The summed E-state index contributed by atoms with van der Waals surface area (Å²) in [5, 5.41) is 33.8. The predicted molar refractivity (Wildman–Crippen MR) is 500 cm³/mol. The predicted octanol–water partition coefficient (Wildman–Crippen LogP) is 5.66. The van der Waals surface area contributed by atoms with E-state index >= 15 is 4.39 Å². The topological polar surface area (TPSA) is 502 Å². The van der Waals surface area contributed by atoms with Crippen molar-refractivity contribution in [1.29, 1.82) is 0 Å². The number of carboxylic acid groups (broad SMARTS) is 1. The number of methoxy groups -OCH3 is 1. The standard InChI is InChI=1S/C100H127FN8O34/c1-7-100(123)76-51-81-88-73(56-109(81)94(117)75(76)59-136-97(100)120)87-78(21-20-68-60(2)77(101)52-80(104-88)86(68)87)105-98(121)137-57-64-19-22-82(142-96-92(141-63(5)112)90(140-62(4)111)89(139-61(3)110)91(143-96)95(118)119)65(49-64)53-103-83(113)23-25-102-93(116)79(106-99(122)138-58-74-71-15-10-8-13-69(71)70-14-9-11-16-72(70)74)17-12-18-84(114)107-54-67-50-66(107)55-108(67)85(115)24-26-125-29-30-127-33-34-129-37-38-131-41-42-133-45-46-135-48-47-134-44-43-132-40-39-130-36-35-128-32-31-126-28-27-124-6/h8-11,13-16,19,22,49,51-52,66-67,74,78-79,89-92,96,123H,7,12,17-18,20-21,23-48,50,53-59H2,1-6H3,(H,102,116)(H,103,113)(H,105,121)(H,106,122)(H,118,119)/t66-,67-,78-,79-,89-,90-,91-,92+,96+,100-/m0/s1. The van der Waals surface area contributed by atoms with Crippen molar-refractivity contribution < 1.29 is 162 Å². The summed E-state index contributed by atoms with van der Waals surface area (Å²) in [6, 6.07) is 20.0. The molecule has 0 radical (unpaired) electrons. The summed E-state index contributed by atoms with van der Waals surface area (Å²) >= 11 is 0. The number of nitrogens with one attached hydrogen (secondary N) is 4. The molecule has 3 fully saturated rings. The maximum Gasteiger partial charge on any atom is 0.407 e. The number of aryl methyl sites for hydroxylation is 1. The molecule has 43 heteroatoms. The molecule has 7 aliphatic rings. The Morgan fingerprint density at radius 2 is 1.15 bits per heavy atom. The Kier molecular flexibility index (Phi) is 40.7. The summed E-state index contributed by atoms with van der Waals surface area (Å²) in [7, 11) is 1.63. The number of pyridine rings is 2. The first kappa shape index (κ1) is 108. The van der Waals surface area contributed by atoms with Gasteiger partial charge in [-0.1, -0.05) is 61.5 Å². The van der Waals surface area contributed by atoms with Crippen LogP contribution in [0.3, 0.4) is 0 Å². The molecular weight excluding hydrogens is 1880 g/mol. The molecule has 2 aliphatic carbocycles. The first-order valence-electron chi connectivity index (χ1n) is 48.3. The van der Waals surface area contributed by atoms with Gasteiger partial charge in [0.1, 0.15) is 37.4 Å². The highest BCUT2D eigenvalue weighted by molar-refractivity contribution is 5.94. The monoisotopic (exact) mass is 2000 g/mol. The van der Waals surface area contributed by atoms with Crippen molar-refractivity contribution >= 4 is 76.6 Å². The Labute approximate surface area is 824 Å². The zero-order valence-corrected chi connectivity index (χ0v) is 81.2. The van der Waals surface area contributed by atoms with Gasteiger partial charge in [-0.15, -0.1) is 0 Å². The molecule has 3 saturated heterocycles. The average Bonchev–Trinajstić information content (AvgIpc) is 1.57. The molecule has 0 spiro atoms. The molecule has 143 heavy (non-hydrogen) atoms. The second kappa shape index (κ2) is 53.7. The van der Waals surface area contributed by atoms with Gasteiger partial charge in [0.25, 0.3) is 5.56 Å². The fourth-order valence-corrected chi connectivity index (χ4v) is 18.6.